The molecule has 0 amide bonds. The lowest BCUT2D eigenvalue weighted by Crippen LogP contribution is -2.09. The number of Topliss-reactive ketones (excluding diaryl/α,β-unsaturated/α-hetero) is 1. The molecule has 0 aromatic carbocycles. The quantitative estimate of drug-likeness (QED) is 0.794. The van der Waals surface area contributed by atoms with E-state index in [0.29, 0.717) is 4.88 Å². The van der Waals surface area contributed by atoms with Crippen LogP contribution in [0.3, 0.4) is 0 Å². The Morgan fingerprint density at radius 1 is 1.38 bits per heavy atom. The second kappa shape index (κ2) is 6.30. The number of pyridine rings is 1. The molecule has 112 valence electrons. The summed E-state index contributed by atoms with van der Waals surface area (Å²) in [4.78, 5) is 17.5. The van der Waals surface area contributed by atoms with Crippen LogP contribution in [0.25, 0.3) is 0 Å². The summed E-state index contributed by atoms with van der Waals surface area (Å²) in [6, 6.07) is 0. The molecule has 0 aliphatic carbocycles. The van der Waals surface area contributed by atoms with E-state index in [0.717, 1.165) is 39.8 Å². The predicted octanol–water partition coefficient (Wildman–Crippen LogP) is 3.11. The zero-order valence-electron chi connectivity index (χ0n) is 12.9. The zero-order chi connectivity index (χ0) is 15.6. The van der Waals surface area contributed by atoms with E-state index < -0.39 is 0 Å². The number of nitrogens with zero attached hydrogens (tertiary/aromatic N) is 3. The van der Waals surface area contributed by atoms with E-state index in [-0.39, 0.29) is 18.1 Å². The molecule has 2 rings (SSSR count). The van der Waals surface area contributed by atoms with Gasteiger partial charge < -0.3 is 4.74 Å². The van der Waals surface area contributed by atoms with E-state index in [1.165, 1.54) is 0 Å². The number of methoxy groups -OCH3 is 1. The summed E-state index contributed by atoms with van der Waals surface area (Å²) < 4.78 is 9.28. The van der Waals surface area contributed by atoms with Crippen LogP contribution in [-0.4, -0.2) is 27.5 Å². The average molecular weight is 305 g/mol. The minimum atomic E-state index is 0.00945. The van der Waals surface area contributed by atoms with Crippen LogP contribution in [-0.2, 0) is 6.42 Å². The number of ketones is 1. The summed E-state index contributed by atoms with van der Waals surface area (Å²) in [6.07, 6.45) is 1.98. The third kappa shape index (κ3) is 3.10. The highest BCUT2D eigenvalue weighted by Crippen LogP contribution is 2.26. The molecule has 5 nitrogen and oxygen atoms in total. The van der Waals surface area contributed by atoms with Crippen molar-refractivity contribution in [1.82, 2.24) is 14.6 Å². The third-order valence-corrected chi connectivity index (χ3v) is 4.17. The van der Waals surface area contributed by atoms with Gasteiger partial charge >= 0.3 is 0 Å². The van der Waals surface area contributed by atoms with Gasteiger partial charge in [0.1, 0.15) is 10.6 Å². The first kappa shape index (κ1) is 15.6. The van der Waals surface area contributed by atoms with Gasteiger partial charge in [0.25, 0.3) is 0 Å². The van der Waals surface area contributed by atoms with Crippen molar-refractivity contribution in [2.45, 2.75) is 40.0 Å². The molecule has 0 bridgehead atoms. The van der Waals surface area contributed by atoms with Crippen LogP contribution in [0.4, 0.5) is 0 Å². The Morgan fingerprint density at radius 2 is 2.10 bits per heavy atom. The lowest BCUT2D eigenvalue weighted by atomic mass is 10.0. The highest BCUT2D eigenvalue weighted by atomic mass is 32.1. The fraction of sp³-hybridized carbons (Fsp3) is 0.467. The molecule has 0 spiro atoms. The van der Waals surface area contributed by atoms with Gasteiger partial charge in [0.2, 0.25) is 0 Å². The molecule has 2 aromatic heterocycles. The van der Waals surface area contributed by atoms with E-state index >= 15 is 0 Å². The molecular formula is C15H19N3O2S. The summed E-state index contributed by atoms with van der Waals surface area (Å²) in [5, 5.41) is 4.05. The molecule has 21 heavy (non-hydrogen) atoms. The maximum absolute atomic E-state index is 12.5. The second-order valence-corrected chi connectivity index (χ2v) is 6.04. The Labute approximate surface area is 128 Å². The van der Waals surface area contributed by atoms with Crippen LogP contribution < -0.4 is 4.74 Å². The normalized spacial score (nSPS) is 11.0. The molecule has 0 aliphatic heterocycles. The molecule has 0 N–H and O–H groups in total. The van der Waals surface area contributed by atoms with Gasteiger partial charge in [0, 0.05) is 17.3 Å². The molecule has 0 saturated carbocycles. The van der Waals surface area contributed by atoms with Gasteiger partial charge in [-0.2, -0.15) is 0 Å². The van der Waals surface area contributed by atoms with Gasteiger partial charge in [-0.3, -0.25) is 9.78 Å². The van der Waals surface area contributed by atoms with Crippen molar-refractivity contribution in [2.24, 2.45) is 0 Å². The highest BCUT2D eigenvalue weighted by Gasteiger charge is 2.21. The molecule has 0 fully saturated rings. The van der Waals surface area contributed by atoms with Crippen LogP contribution in [0.5, 0.6) is 5.75 Å². The van der Waals surface area contributed by atoms with E-state index in [1.807, 2.05) is 27.7 Å². The predicted molar refractivity (Wildman–Crippen MR) is 82.3 cm³/mol. The molecule has 2 aromatic rings. The van der Waals surface area contributed by atoms with Crippen molar-refractivity contribution in [3.63, 3.8) is 0 Å². The fourth-order valence-electron chi connectivity index (χ4n) is 2.25. The summed E-state index contributed by atoms with van der Waals surface area (Å²) in [7, 11) is 1.63. The van der Waals surface area contributed by atoms with Crippen molar-refractivity contribution in [2.75, 3.05) is 7.11 Å². The van der Waals surface area contributed by atoms with E-state index in [4.69, 9.17) is 4.74 Å². The number of hydrogen-bond donors (Lipinski definition) is 0. The van der Waals surface area contributed by atoms with E-state index in [9.17, 15) is 4.79 Å². The minimum absolute atomic E-state index is 0.00945. The Balaban J connectivity index is 2.30. The van der Waals surface area contributed by atoms with Gasteiger partial charge in [-0.1, -0.05) is 18.3 Å². The SMILES string of the molecule is COc1c(C)cnc(CC(=O)c2snnc2C(C)C)c1C. The van der Waals surface area contributed by atoms with Crippen molar-refractivity contribution in [1.29, 1.82) is 0 Å². The van der Waals surface area contributed by atoms with Crippen LogP contribution in [0.1, 0.15) is 52.0 Å². The summed E-state index contributed by atoms with van der Waals surface area (Å²) in [5.41, 5.74) is 3.38. The Morgan fingerprint density at radius 3 is 2.71 bits per heavy atom. The summed E-state index contributed by atoms with van der Waals surface area (Å²) >= 11 is 1.15. The Kier molecular flexibility index (Phi) is 4.67. The lowest BCUT2D eigenvalue weighted by molar-refractivity contribution is 0.0994. The van der Waals surface area contributed by atoms with Crippen molar-refractivity contribution < 1.29 is 9.53 Å². The third-order valence-electron chi connectivity index (χ3n) is 3.39. The van der Waals surface area contributed by atoms with E-state index in [2.05, 4.69) is 14.6 Å². The van der Waals surface area contributed by atoms with Crippen molar-refractivity contribution >= 4 is 17.3 Å². The number of carbonyl (C=O) groups is 1. The average Bonchev–Trinajstić information content (AvgIpc) is 2.92. The van der Waals surface area contributed by atoms with Gasteiger partial charge in [0.15, 0.2) is 5.78 Å². The number of aromatic nitrogens is 3. The molecule has 0 aliphatic rings. The monoisotopic (exact) mass is 305 g/mol. The topological polar surface area (TPSA) is 65.0 Å². The molecule has 0 atom stereocenters. The number of aryl methyl sites for hydroxylation is 1. The first-order chi connectivity index (χ1) is 9.95. The van der Waals surface area contributed by atoms with Crippen LogP contribution >= 0.6 is 11.5 Å². The van der Waals surface area contributed by atoms with Gasteiger partial charge in [-0.15, -0.1) is 5.10 Å². The largest absolute Gasteiger partial charge is 0.496 e. The molecule has 0 radical (unpaired) electrons. The summed E-state index contributed by atoms with van der Waals surface area (Å²) in [5.74, 6) is 0.985. The van der Waals surface area contributed by atoms with Gasteiger partial charge in [0.05, 0.1) is 24.9 Å². The van der Waals surface area contributed by atoms with Crippen molar-refractivity contribution in [3.8, 4) is 5.75 Å². The Bertz CT molecular complexity index is 665. The highest BCUT2D eigenvalue weighted by molar-refractivity contribution is 7.08. The molecule has 0 saturated heterocycles. The first-order valence-corrected chi connectivity index (χ1v) is 7.57. The molecule has 6 heteroatoms. The molecular weight excluding hydrogens is 286 g/mol. The fourth-order valence-corrected chi connectivity index (χ4v) is 3.00. The second-order valence-electron chi connectivity index (χ2n) is 5.29. The number of rotatable bonds is 5. The number of hydrogen-bond acceptors (Lipinski definition) is 6. The van der Waals surface area contributed by atoms with E-state index in [1.54, 1.807) is 13.3 Å². The first-order valence-electron chi connectivity index (χ1n) is 6.80. The standard InChI is InChI=1S/C15H19N3O2S/c1-8(2)13-15(21-18-17-13)12(19)6-11-10(4)14(20-5)9(3)7-16-11/h7-8H,6H2,1-5H3. The maximum atomic E-state index is 12.5. The van der Waals surface area contributed by atoms with Crippen LogP contribution in [0.2, 0.25) is 0 Å². The number of carbonyl (C=O) groups excluding carboxylic acids is 1. The smallest absolute Gasteiger partial charge is 0.182 e. The minimum Gasteiger partial charge on any atom is -0.496 e. The summed E-state index contributed by atoms with van der Waals surface area (Å²) in [6.45, 7) is 7.88. The van der Waals surface area contributed by atoms with Crippen molar-refractivity contribution in [3.05, 3.63) is 33.6 Å². The molecule has 0 unspecified atom stereocenters. The van der Waals surface area contributed by atoms with Crippen LogP contribution in [0, 0.1) is 13.8 Å². The Hall–Kier alpha value is -1.82. The zero-order valence-corrected chi connectivity index (χ0v) is 13.7. The number of ether oxygens (including phenoxy) is 1. The molecule has 2 heterocycles. The van der Waals surface area contributed by atoms with Gasteiger partial charge in [-0.05, 0) is 31.3 Å². The maximum Gasteiger partial charge on any atom is 0.182 e. The lowest BCUT2D eigenvalue weighted by Gasteiger charge is -2.11. The van der Waals surface area contributed by atoms with Gasteiger partial charge in [-0.25, -0.2) is 0 Å². The van der Waals surface area contributed by atoms with Crippen LogP contribution in [0.15, 0.2) is 6.20 Å².